The average Bonchev–Trinajstić information content (AvgIpc) is 2.81. The SMILES string of the molecule is CCNc1cc(CC(C)C)nc(C2CCCO2)n1. The van der Waals surface area contributed by atoms with E-state index in [-0.39, 0.29) is 6.10 Å². The van der Waals surface area contributed by atoms with Gasteiger partial charge in [0, 0.05) is 24.9 Å². The monoisotopic (exact) mass is 249 g/mol. The molecule has 2 rings (SSSR count). The second-order valence-corrected chi connectivity index (χ2v) is 5.23. The minimum atomic E-state index is 0.0921. The summed E-state index contributed by atoms with van der Waals surface area (Å²) in [6.45, 7) is 8.21. The summed E-state index contributed by atoms with van der Waals surface area (Å²) in [5, 5.41) is 3.28. The number of hydrogen-bond acceptors (Lipinski definition) is 4. The van der Waals surface area contributed by atoms with E-state index in [1.165, 1.54) is 0 Å². The molecule has 1 N–H and O–H groups in total. The molecule has 1 atom stereocenters. The van der Waals surface area contributed by atoms with Crippen LogP contribution in [0.15, 0.2) is 6.07 Å². The van der Waals surface area contributed by atoms with Gasteiger partial charge in [-0.05, 0) is 32.1 Å². The minimum absolute atomic E-state index is 0.0921. The number of rotatable bonds is 5. The first-order chi connectivity index (χ1) is 8.69. The lowest BCUT2D eigenvalue weighted by atomic mass is 10.1. The number of ether oxygens (including phenoxy) is 1. The van der Waals surface area contributed by atoms with Crippen molar-refractivity contribution < 1.29 is 4.74 Å². The van der Waals surface area contributed by atoms with Gasteiger partial charge in [-0.2, -0.15) is 0 Å². The van der Waals surface area contributed by atoms with Crippen molar-refractivity contribution in [2.75, 3.05) is 18.5 Å². The van der Waals surface area contributed by atoms with Crippen LogP contribution in [0.2, 0.25) is 0 Å². The summed E-state index contributed by atoms with van der Waals surface area (Å²) >= 11 is 0. The molecule has 1 saturated heterocycles. The molecule has 0 radical (unpaired) electrons. The Bertz CT molecular complexity index is 387. The second-order valence-electron chi connectivity index (χ2n) is 5.23. The zero-order valence-electron chi connectivity index (χ0n) is 11.6. The third-order valence-corrected chi connectivity index (χ3v) is 2.99. The summed E-state index contributed by atoms with van der Waals surface area (Å²) in [7, 11) is 0. The Kier molecular flexibility index (Phi) is 4.53. The largest absolute Gasteiger partial charge is 0.370 e. The van der Waals surface area contributed by atoms with Crippen molar-refractivity contribution in [3.8, 4) is 0 Å². The first kappa shape index (κ1) is 13.3. The van der Waals surface area contributed by atoms with E-state index >= 15 is 0 Å². The molecule has 2 heterocycles. The third kappa shape index (κ3) is 3.42. The highest BCUT2D eigenvalue weighted by Gasteiger charge is 2.21. The highest BCUT2D eigenvalue weighted by molar-refractivity contribution is 5.36. The van der Waals surface area contributed by atoms with E-state index in [1.54, 1.807) is 0 Å². The molecule has 18 heavy (non-hydrogen) atoms. The fourth-order valence-electron chi connectivity index (χ4n) is 2.24. The van der Waals surface area contributed by atoms with Gasteiger partial charge in [0.05, 0.1) is 0 Å². The van der Waals surface area contributed by atoms with Crippen molar-refractivity contribution in [3.63, 3.8) is 0 Å². The van der Waals surface area contributed by atoms with Crippen LogP contribution in [0.1, 0.15) is 51.2 Å². The number of aromatic nitrogens is 2. The van der Waals surface area contributed by atoms with Crippen molar-refractivity contribution in [1.82, 2.24) is 9.97 Å². The van der Waals surface area contributed by atoms with Gasteiger partial charge in [-0.1, -0.05) is 13.8 Å². The predicted molar refractivity (Wildman–Crippen MR) is 72.7 cm³/mol. The molecule has 0 saturated carbocycles. The van der Waals surface area contributed by atoms with Crippen molar-refractivity contribution in [2.45, 2.75) is 46.1 Å². The molecule has 0 aliphatic carbocycles. The zero-order valence-corrected chi connectivity index (χ0v) is 11.6. The first-order valence-corrected chi connectivity index (χ1v) is 6.92. The van der Waals surface area contributed by atoms with Gasteiger partial charge < -0.3 is 10.1 Å². The minimum Gasteiger partial charge on any atom is -0.370 e. The molecule has 1 aromatic rings. The van der Waals surface area contributed by atoms with Gasteiger partial charge in [0.2, 0.25) is 0 Å². The summed E-state index contributed by atoms with van der Waals surface area (Å²) < 4.78 is 5.68. The Morgan fingerprint density at radius 2 is 2.28 bits per heavy atom. The number of nitrogens with zero attached hydrogens (tertiary/aromatic N) is 2. The van der Waals surface area contributed by atoms with Crippen LogP contribution in [0.25, 0.3) is 0 Å². The van der Waals surface area contributed by atoms with Crippen LogP contribution in [0.3, 0.4) is 0 Å². The standard InChI is InChI=1S/C14H23N3O/c1-4-15-13-9-11(8-10(2)3)16-14(17-13)12-6-5-7-18-12/h9-10,12H,4-8H2,1-3H3,(H,15,16,17). The molecule has 1 aliphatic rings. The highest BCUT2D eigenvalue weighted by atomic mass is 16.5. The maximum absolute atomic E-state index is 5.68. The molecule has 0 amide bonds. The van der Waals surface area contributed by atoms with Gasteiger partial charge in [-0.3, -0.25) is 0 Å². The molecule has 4 nitrogen and oxygen atoms in total. The Morgan fingerprint density at radius 3 is 2.89 bits per heavy atom. The van der Waals surface area contributed by atoms with E-state index in [2.05, 4.69) is 42.1 Å². The van der Waals surface area contributed by atoms with Crippen molar-refractivity contribution in [3.05, 3.63) is 17.6 Å². The number of hydrogen-bond donors (Lipinski definition) is 1. The number of nitrogens with one attached hydrogen (secondary N) is 1. The topological polar surface area (TPSA) is 47.0 Å². The van der Waals surface area contributed by atoms with E-state index in [0.29, 0.717) is 5.92 Å². The molecule has 1 fully saturated rings. The Labute approximate surface area is 109 Å². The van der Waals surface area contributed by atoms with Crippen LogP contribution in [-0.4, -0.2) is 23.1 Å². The first-order valence-electron chi connectivity index (χ1n) is 6.92. The molecule has 1 aromatic heterocycles. The van der Waals surface area contributed by atoms with E-state index in [9.17, 15) is 0 Å². The van der Waals surface area contributed by atoms with E-state index in [1.807, 2.05) is 0 Å². The molecular formula is C14H23N3O. The van der Waals surface area contributed by atoms with Crippen molar-refractivity contribution in [1.29, 1.82) is 0 Å². The Balaban J connectivity index is 2.23. The molecule has 4 heteroatoms. The summed E-state index contributed by atoms with van der Waals surface area (Å²) in [5.74, 6) is 2.38. The summed E-state index contributed by atoms with van der Waals surface area (Å²) in [5.41, 5.74) is 1.11. The van der Waals surface area contributed by atoms with E-state index in [0.717, 1.165) is 49.8 Å². The molecule has 1 aliphatic heterocycles. The van der Waals surface area contributed by atoms with Crippen LogP contribution >= 0.6 is 0 Å². The molecule has 0 aromatic carbocycles. The average molecular weight is 249 g/mol. The van der Waals surface area contributed by atoms with Crippen LogP contribution in [0.5, 0.6) is 0 Å². The van der Waals surface area contributed by atoms with Crippen LogP contribution in [0.4, 0.5) is 5.82 Å². The maximum atomic E-state index is 5.68. The van der Waals surface area contributed by atoms with E-state index < -0.39 is 0 Å². The predicted octanol–water partition coefficient (Wildman–Crippen LogP) is 2.96. The lowest BCUT2D eigenvalue weighted by Gasteiger charge is -2.13. The van der Waals surface area contributed by atoms with Crippen LogP contribution < -0.4 is 5.32 Å². The lowest BCUT2D eigenvalue weighted by Crippen LogP contribution is -2.10. The normalized spacial score (nSPS) is 19.4. The van der Waals surface area contributed by atoms with Gasteiger partial charge in [-0.15, -0.1) is 0 Å². The molecule has 100 valence electrons. The Hall–Kier alpha value is -1.16. The Morgan fingerprint density at radius 1 is 1.44 bits per heavy atom. The van der Waals surface area contributed by atoms with Crippen LogP contribution in [0, 0.1) is 5.92 Å². The van der Waals surface area contributed by atoms with Gasteiger partial charge in [0.15, 0.2) is 5.82 Å². The summed E-state index contributed by atoms with van der Waals surface area (Å²) in [6.07, 6.45) is 3.23. The van der Waals surface area contributed by atoms with E-state index in [4.69, 9.17) is 4.74 Å². The maximum Gasteiger partial charge on any atom is 0.159 e. The molecule has 1 unspecified atom stereocenters. The fraction of sp³-hybridized carbons (Fsp3) is 0.714. The smallest absolute Gasteiger partial charge is 0.159 e. The van der Waals surface area contributed by atoms with Gasteiger partial charge in [0.25, 0.3) is 0 Å². The molecule has 0 spiro atoms. The number of anilines is 1. The van der Waals surface area contributed by atoms with Crippen molar-refractivity contribution >= 4 is 5.82 Å². The highest BCUT2D eigenvalue weighted by Crippen LogP contribution is 2.27. The molecular weight excluding hydrogens is 226 g/mol. The van der Waals surface area contributed by atoms with Crippen LogP contribution in [-0.2, 0) is 11.2 Å². The zero-order chi connectivity index (χ0) is 13.0. The van der Waals surface area contributed by atoms with Gasteiger partial charge in [-0.25, -0.2) is 9.97 Å². The fourth-order valence-corrected chi connectivity index (χ4v) is 2.24. The third-order valence-electron chi connectivity index (χ3n) is 2.99. The lowest BCUT2D eigenvalue weighted by molar-refractivity contribution is 0.105. The summed E-state index contributed by atoms with van der Waals surface area (Å²) in [4.78, 5) is 9.23. The van der Waals surface area contributed by atoms with Gasteiger partial charge in [0.1, 0.15) is 11.9 Å². The quantitative estimate of drug-likeness (QED) is 0.871. The second kappa shape index (κ2) is 6.14. The summed E-state index contributed by atoms with van der Waals surface area (Å²) in [6, 6.07) is 2.06. The van der Waals surface area contributed by atoms with Crippen molar-refractivity contribution in [2.24, 2.45) is 5.92 Å². The molecule has 0 bridgehead atoms. The van der Waals surface area contributed by atoms with Gasteiger partial charge >= 0.3 is 0 Å².